The first-order chi connectivity index (χ1) is 5.16. The van der Waals surface area contributed by atoms with Crippen LogP contribution in [0.4, 0.5) is 0 Å². The highest BCUT2D eigenvalue weighted by atomic mass is 16.3. The maximum Gasteiger partial charge on any atom is 0.104 e. The molecular weight excluding hydrogens is 138 g/mol. The zero-order valence-electron chi connectivity index (χ0n) is 6.95. The van der Waals surface area contributed by atoms with Crippen molar-refractivity contribution in [2.45, 2.75) is 19.9 Å². The van der Waals surface area contributed by atoms with Crippen LogP contribution in [-0.2, 0) is 0 Å². The van der Waals surface area contributed by atoms with Crippen molar-refractivity contribution < 1.29 is 0 Å². The molecule has 0 aromatic carbocycles. The van der Waals surface area contributed by atoms with Crippen molar-refractivity contribution >= 4 is 0 Å². The summed E-state index contributed by atoms with van der Waals surface area (Å²) in [6.45, 7) is 7.84. The van der Waals surface area contributed by atoms with Gasteiger partial charge in [-0.2, -0.15) is 4.91 Å². The third-order valence-electron chi connectivity index (χ3n) is 2.37. The summed E-state index contributed by atoms with van der Waals surface area (Å²) in [6, 6.07) is -0.118. The van der Waals surface area contributed by atoms with Crippen LogP contribution in [-0.4, -0.2) is 6.04 Å². The average molecular weight is 151 g/mol. The Bertz CT molecular complexity index is 208. The summed E-state index contributed by atoms with van der Waals surface area (Å²) in [4.78, 5) is 10.4. The number of hydrogen-bond acceptors (Lipinski definition) is 2. The predicted molar refractivity (Wildman–Crippen MR) is 46.2 cm³/mol. The second-order valence-corrected chi connectivity index (χ2v) is 3.18. The van der Waals surface area contributed by atoms with Crippen LogP contribution in [0.5, 0.6) is 0 Å². The summed E-state index contributed by atoms with van der Waals surface area (Å²) in [5, 5.41) is 3.10. The monoisotopic (exact) mass is 151 g/mol. The smallest absolute Gasteiger partial charge is 0.104 e. The fourth-order valence-electron chi connectivity index (χ4n) is 1.40. The van der Waals surface area contributed by atoms with Crippen LogP contribution in [0, 0.1) is 16.7 Å². The second-order valence-electron chi connectivity index (χ2n) is 3.18. The Labute approximate surface area is 67.0 Å². The highest BCUT2D eigenvalue weighted by Gasteiger charge is 2.27. The van der Waals surface area contributed by atoms with Gasteiger partial charge >= 0.3 is 0 Å². The SMILES string of the molecule is C=C1C=CC(C)C(N=O)C1C. The highest BCUT2D eigenvalue weighted by molar-refractivity contribution is 5.25. The summed E-state index contributed by atoms with van der Waals surface area (Å²) in [5.74, 6) is 0.459. The predicted octanol–water partition coefficient (Wildman–Crippen LogP) is 2.52. The summed E-state index contributed by atoms with van der Waals surface area (Å²) in [5.41, 5.74) is 1.01. The number of rotatable bonds is 1. The van der Waals surface area contributed by atoms with Crippen LogP contribution in [0.3, 0.4) is 0 Å². The molecule has 2 nitrogen and oxygen atoms in total. The van der Waals surface area contributed by atoms with Crippen molar-refractivity contribution in [2.24, 2.45) is 17.0 Å². The Morgan fingerprint density at radius 1 is 1.55 bits per heavy atom. The second kappa shape index (κ2) is 2.99. The zero-order chi connectivity index (χ0) is 8.43. The van der Waals surface area contributed by atoms with E-state index in [4.69, 9.17) is 0 Å². The van der Waals surface area contributed by atoms with Crippen molar-refractivity contribution in [1.82, 2.24) is 0 Å². The molecule has 0 saturated carbocycles. The molecule has 0 heterocycles. The third-order valence-corrected chi connectivity index (χ3v) is 2.37. The van der Waals surface area contributed by atoms with E-state index < -0.39 is 0 Å². The molecule has 1 rings (SSSR count). The van der Waals surface area contributed by atoms with Crippen LogP contribution in [0.25, 0.3) is 0 Å². The van der Waals surface area contributed by atoms with Crippen LogP contribution < -0.4 is 0 Å². The molecule has 3 unspecified atom stereocenters. The number of nitroso groups, excluding NO2 is 1. The van der Waals surface area contributed by atoms with E-state index in [-0.39, 0.29) is 17.9 Å². The molecule has 60 valence electrons. The van der Waals surface area contributed by atoms with E-state index in [0.717, 1.165) is 5.57 Å². The quantitative estimate of drug-likeness (QED) is 0.529. The minimum Gasteiger partial charge on any atom is -0.150 e. The zero-order valence-corrected chi connectivity index (χ0v) is 6.95. The van der Waals surface area contributed by atoms with Crippen molar-refractivity contribution in [2.75, 3.05) is 0 Å². The summed E-state index contributed by atoms with van der Waals surface area (Å²) in [6.07, 6.45) is 3.98. The highest BCUT2D eigenvalue weighted by Crippen LogP contribution is 2.28. The lowest BCUT2D eigenvalue weighted by molar-refractivity contribution is 0.424. The van der Waals surface area contributed by atoms with E-state index in [2.05, 4.69) is 11.8 Å². The first-order valence-electron chi connectivity index (χ1n) is 3.86. The van der Waals surface area contributed by atoms with Gasteiger partial charge in [0, 0.05) is 11.8 Å². The van der Waals surface area contributed by atoms with E-state index in [1.165, 1.54) is 0 Å². The van der Waals surface area contributed by atoms with Gasteiger partial charge in [-0.25, -0.2) is 0 Å². The Morgan fingerprint density at radius 3 is 2.64 bits per heavy atom. The molecular formula is C9H13NO. The van der Waals surface area contributed by atoms with Gasteiger partial charge in [0.2, 0.25) is 0 Å². The van der Waals surface area contributed by atoms with Gasteiger partial charge in [0.1, 0.15) is 6.04 Å². The Morgan fingerprint density at radius 2 is 2.18 bits per heavy atom. The Kier molecular flexibility index (Phi) is 2.22. The summed E-state index contributed by atoms with van der Waals surface area (Å²) < 4.78 is 0. The maximum absolute atomic E-state index is 10.4. The van der Waals surface area contributed by atoms with Crippen molar-refractivity contribution in [3.05, 3.63) is 29.2 Å². The lowest BCUT2D eigenvalue weighted by Crippen LogP contribution is -2.26. The standard InChI is InChI=1S/C9H13NO/c1-6-4-5-7(2)9(10-11)8(6)3/h4-5,7-9H,1H2,2-3H3. The van der Waals surface area contributed by atoms with E-state index in [9.17, 15) is 4.91 Å². The van der Waals surface area contributed by atoms with E-state index in [1.807, 2.05) is 26.0 Å². The van der Waals surface area contributed by atoms with Gasteiger partial charge in [-0.1, -0.05) is 43.3 Å². The van der Waals surface area contributed by atoms with Crippen LogP contribution >= 0.6 is 0 Å². The molecule has 0 fully saturated rings. The molecule has 0 N–H and O–H groups in total. The van der Waals surface area contributed by atoms with Crippen LogP contribution in [0.15, 0.2) is 29.5 Å². The Hall–Kier alpha value is -0.920. The van der Waals surface area contributed by atoms with Crippen LogP contribution in [0.1, 0.15) is 13.8 Å². The van der Waals surface area contributed by atoms with Gasteiger partial charge in [-0.15, -0.1) is 0 Å². The molecule has 0 spiro atoms. The largest absolute Gasteiger partial charge is 0.150 e. The molecule has 0 amide bonds. The van der Waals surface area contributed by atoms with Gasteiger partial charge < -0.3 is 0 Å². The number of nitrogens with zero attached hydrogens (tertiary/aromatic N) is 1. The molecule has 0 radical (unpaired) electrons. The van der Waals surface area contributed by atoms with Crippen molar-refractivity contribution in [1.29, 1.82) is 0 Å². The lowest BCUT2D eigenvalue weighted by Gasteiger charge is -2.26. The molecule has 0 bridgehead atoms. The van der Waals surface area contributed by atoms with E-state index >= 15 is 0 Å². The number of hydrogen-bond donors (Lipinski definition) is 0. The topological polar surface area (TPSA) is 29.4 Å². The van der Waals surface area contributed by atoms with Gasteiger partial charge in [0.15, 0.2) is 0 Å². The summed E-state index contributed by atoms with van der Waals surface area (Å²) >= 11 is 0. The maximum atomic E-state index is 10.4. The molecule has 0 aliphatic heterocycles. The molecule has 1 aliphatic carbocycles. The first kappa shape index (κ1) is 8.18. The molecule has 0 aromatic heterocycles. The molecule has 0 aromatic rings. The van der Waals surface area contributed by atoms with E-state index in [1.54, 1.807) is 0 Å². The van der Waals surface area contributed by atoms with Crippen molar-refractivity contribution in [3.8, 4) is 0 Å². The van der Waals surface area contributed by atoms with Gasteiger partial charge in [-0.3, -0.25) is 0 Å². The molecule has 2 heteroatoms. The van der Waals surface area contributed by atoms with Gasteiger partial charge in [0.05, 0.1) is 0 Å². The van der Waals surface area contributed by atoms with Gasteiger partial charge in [0.25, 0.3) is 0 Å². The molecule has 0 saturated heterocycles. The minimum absolute atomic E-state index is 0.118. The minimum atomic E-state index is -0.118. The third kappa shape index (κ3) is 1.39. The average Bonchev–Trinajstić information content (AvgIpc) is 1.99. The normalized spacial score (nSPS) is 37.3. The Balaban J connectivity index is 2.86. The fourth-order valence-corrected chi connectivity index (χ4v) is 1.40. The van der Waals surface area contributed by atoms with Crippen LogP contribution in [0.2, 0.25) is 0 Å². The first-order valence-corrected chi connectivity index (χ1v) is 3.86. The molecule has 1 aliphatic rings. The van der Waals surface area contributed by atoms with Gasteiger partial charge in [-0.05, 0) is 0 Å². The molecule has 11 heavy (non-hydrogen) atoms. The fraction of sp³-hybridized carbons (Fsp3) is 0.556. The summed E-state index contributed by atoms with van der Waals surface area (Å²) in [7, 11) is 0. The number of allylic oxidation sites excluding steroid dienone is 1. The van der Waals surface area contributed by atoms with E-state index in [0.29, 0.717) is 0 Å². The molecule has 3 atom stereocenters. The van der Waals surface area contributed by atoms with Crippen molar-refractivity contribution in [3.63, 3.8) is 0 Å². The lowest BCUT2D eigenvalue weighted by atomic mass is 9.81.